The largest absolute Gasteiger partial charge is 0.368 e. The third-order valence-corrected chi connectivity index (χ3v) is 5.62. The predicted octanol–water partition coefficient (Wildman–Crippen LogP) is 1.69. The fraction of sp³-hybridized carbons (Fsp3) is 1.00. The van der Waals surface area contributed by atoms with Crippen LogP contribution in [-0.4, -0.2) is 66.3 Å². The van der Waals surface area contributed by atoms with Gasteiger partial charge < -0.3 is 15.4 Å². The summed E-state index contributed by atoms with van der Waals surface area (Å²) in [4.78, 5) is 4.97. The summed E-state index contributed by atoms with van der Waals surface area (Å²) in [6, 6.07) is 0.617. The fourth-order valence-corrected chi connectivity index (χ4v) is 4.48. The number of hydrogen-bond acceptors (Lipinski definition) is 4. The van der Waals surface area contributed by atoms with Crippen molar-refractivity contribution in [3.8, 4) is 0 Å². The molecule has 0 amide bonds. The Labute approximate surface area is 124 Å². The van der Waals surface area contributed by atoms with Crippen molar-refractivity contribution in [1.29, 1.82) is 0 Å². The van der Waals surface area contributed by atoms with E-state index in [1.165, 1.54) is 25.9 Å². The molecule has 0 bridgehead atoms. The smallest absolute Gasteiger partial charge is 0.0830 e. The van der Waals surface area contributed by atoms with E-state index < -0.39 is 0 Å². The first-order valence-corrected chi connectivity index (χ1v) is 7.95. The van der Waals surface area contributed by atoms with E-state index in [0.29, 0.717) is 12.6 Å². The summed E-state index contributed by atoms with van der Waals surface area (Å²) >= 11 is 0. The van der Waals surface area contributed by atoms with Crippen LogP contribution < -0.4 is 5.73 Å². The number of likely N-dealkylation sites (tertiary alicyclic amines) is 1. The molecule has 2 rings (SSSR count). The highest BCUT2D eigenvalue weighted by Crippen LogP contribution is 2.48. The lowest BCUT2D eigenvalue weighted by Crippen LogP contribution is -2.65. The highest BCUT2D eigenvalue weighted by molar-refractivity contribution is 5.13. The number of nitrogens with zero attached hydrogens (tertiary/aromatic N) is 2. The molecule has 0 saturated carbocycles. The summed E-state index contributed by atoms with van der Waals surface area (Å²) in [6.07, 6.45) is 3.46. The summed E-state index contributed by atoms with van der Waals surface area (Å²) < 4.78 is 6.34. The maximum Gasteiger partial charge on any atom is 0.0830 e. The van der Waals surface area contributed by atoms with Gasteiger partial charge in [0.25, 0.3) is 0 Å². The van der Waals surface area contributed by atoms with E-state index >= 15 is 0 Å². The first-order chi connectivity index (χ1) is 9.13. The molecular weight excluding hydrogens is 250 g/mol. The lowest BCUT2D eigenvalue weighted by atomic mass is 9.76. The van der Waals surface area contributed by atoms with Crippen LogP contribution in [0.5, 0.6) is 0 Å². The maximum absolute atomic E-state index is 6.34. The molecule has 0 radical (unpaired) electrons. The van der Waals surface area contributed by atoms with Gasteiger partial charge in [-0.2, -0.15) is 0 Å². The first-order valence-electron chi connectivity index (χ1n) is 7.95. The molecule has 0 aromatic carbocycles. The number of ether oxygens (including phenoxy) is 1. The Hall–Kier alpha value is -0.160. The van der Waals surface area contributed by atoms with Crippen molar-refractivity contribution in [1.82, 2.24) is 9.80 Å². The second kappa shape index (κ2) is 5.24. The molecule has 0 aromatic rings. The molecule has 118 valence electrons. The average Bonchev–Trinajstić information content (AvgIpc) is 2.54. The molecule has 2 aliphatic heterocycles. The van der Waals surface area contributed by atoms with Crippen molar-refractivity contribution in [2.45, 2.75) is 69.7 Å². The zero-order valence-electron chi connectivity index (χ0n) is 14.2. The zero-order chi connectivity index (χ0) is 15.2. The molecule has 0 spiro atoms. The van der Waals surface area contributed by atoms with E-state index in [4.69, 9.17) is 10.5 Å². The van der Waals surface area contributed by atoms with Crippen molar-refractivity contribution in [3.63, 3.8) is 0 Å². The molecule has 0 aromatic heterocycles. The second-order valence-electron chi connectivity index (χ2n) is 7.93. The van der Waals surface area contributed by atoms with Crippen LogP contribution in [0.2, 0.25) is 0 Å². The van der Waals surface area contributed by atoms with Crippen LogP contribution in [0, 0.1) is 0 Å². The second-order valence-corrected chi connectivity index (χ2v) is 7.93. The van der Waals surface area contributed by atoms with Crippen molar-refractivity contribution in [3.05, 3.63) is 0 Å². The van der Waals surface area contributed by atoms with Crippen LogP contribution in [0.25, 0.3) is 0 Å². The van der Waals surface area contributed by atoms with Crippen molar-refractivity contribution in [2.24, 2.45) is 5.73 Å². The van der Waals surface area contributed by atoms with E-state index in [1.807, 2.05) is 0 Å². The van der Waals surface area contributed by atoms with Crippen molar-refractivity contribution >= 4 is 0 Å². The first kappa shape index (κ1) is 16.2. The van der Waals surface area contributed by atoms with Crippen LogP contribution in [0.1, 0.15) is 47.0 Å². The highest BCUT2D eigenvalue weighted by Gasteiger charge is 2.59. The molecule has 20 heavy (non-hydrogen) atoms. The number of likely N-dealkylation sites (N-methyl/N-ethyl adjacent to an activating group) is 1. The minimum absolute atomic E-state index is 0.0585. The standard InChI is InChI=1S/C16H33N3O/c1-14(2)11-16(12-17,15(3,4)20-14)19(6)13-7-9-18(5)10-8-13/h13H,7-12,17H2,1-6H3. The monoisotopic (exact) mass is 283 g/mol. The van der Waals surface area contributed by atoms with Crippen LogP contribution in [-0.2, 0) is 4.74 Å². The van der Waals surface area contributed by atoms with Crippen LogP contribution in [0.3, 0.4) is 0 Å². The summed E-state index contributed by atoms with van der Waals surface area (Å²) in [5.74, 6) is 0. The Bertz CT molecular complexity index is 348. The number of nitrogens with two attached hydrogens (primary N) is 1. The van der Waals surface area contributed by atoms with Gasteiger partial charge in [-0.3, -0.25) is 4.90 Å². The van der Waals surface area contributed by atoms with Crippen LogP contribution in [0.4, 0.5) is 0 Å². The molecule has 0 aliphatic carbocycles. The van der Waals surface area contributed by atoms with Gasteiger partial charge in [-0.25, -0.2) is 0 Å². The van der Waals surface area contributed by atoms with E-state index in [1.54, 1.807) is 0 Å². The highest BCUT2D eigenvalue weighted by atomic mass is 16.5. The quantitative estimate of drug-likeness (QED) is 0.856. The Balaban J connectivity index is 2.22. The molecule has 1 unspecified atom stereocenters. The van der Waals surface area contributed by atoms with Gasteiger partial charge in [-0.15, -0.1) is 0 Å². The maximum atomic E-state index is 6.34. The van der Waals surface area contributed by atoms with E-state index in [0.717, 1.165) is 6.42 Å². The summed E-state index contributed by atoms with van der Waals surface area (Å²) in [7, 11) is 4.47. The molecular formula is C16H33N3O. The van der Waals surface area contributed by atoms with Crippen LogP contribution in [0.15, 0.2) is 0 Å². The average molecular weight is 283 g/mol. The van der Waals surface area contributed by atoms with Crippen molar-refractivity contribution < 1.29 is 4.74 Å². The minimum atomic E-state index is -0.205. The van der Waals surface area contributed by atoms with Gasteiger partial charge in [-0.1, -0.05) is 0 Å². The SMILES string of the molecule is CN1CCC(N(C)C2(CN)CC(C)(C)OC2(C)C)CC1. The fourth-order valence-electron chi connectivity index (χ4n) is 4.48. The third-order valence-electron chi connectivity index (χ3n) is 5.62. The Morgan fingerprint density at radius 2 is 1.75 bits per heavy atom. The normalized spacial score (nSPS) is 34.8. The van der Waals surface area contributed by atoms with Crippen LogP contribution >= 0.6 is 0 Å². The molecule has 4 nitrogen and oxygen atoms in total. The zero-order valence-corrected chi connectivity index (χ0v) is 14.2. The van der Waals surface area contributed by atoms with E-state index in [-0.39, 0.29) is 16.7 Å². The van der Waals surface area contributed by atoms with Gasteiger partial charge in [0.2, 0.25) is 0 Å². The number of rotatable bonds is 3. The van der Waals surface area contributed by atoms with Crippen molar-refractivity contribution in [2.75, 3.05) is 33.7 Å². The van der Waals surface area contributed by atoms with E-state index in [2.05, 4.69) is 51.6 Å². The van der Waals surface area contributed by atoms with E-state index in [9.17, 15) is 0 Å². The molecule has 1 atom stereocenters. The predicted molar refractivity (Wildman–Crippen MR) is 83.9 cm³/mol. The molecule has 2 aliphatic rings. The Kier molecular flexibility index (Phi) is 4.25. The van der Waals surface area contributed by atoms with Gasteiger partial charge in [0.15, 0.2) is 0 Å². The Morgan fingerprint density at radius 1 is 1.20 bits per heavy atom. The van der Waals surface area contributed by atoms with Gasteiger partial charge >= 0.3 is 0 Å². The topological polar surface area (TPSA) is 41.7 Å². The Morgan fingerprint density at radius 3 is 2.15 bits per heavy atom. The molecule has 2 N–H and O–H groups in total. The lowest BCUT2D eigenvalue weighted by Gasteiger charge is -2.50. The third kappa shape index (κ3) is 2.63. The summed E-state index contributed by atoms with van der Waals surface area (Å²) in [5.41, 5.74) is 5.91. The molecule has 2 heterocycles. The summed E-state index contributed by atoms with van der Waals surface area (Å²) in [5, 5.41) is 0. The molecule has 2 saturated heterocycles. The van der Waals surface area contributed by atoms with Gasteiger partial charge in [-0.05, 0) is 74.1 Å². The van der Waals surface area contributed by atoms with Gasteiger partial charge in [0, 0.05) is 12.6 Å². The van der Waals surface area contributed by atoms with Gasteiger partial charge in [0.1, 0.15) is 0 Å². The number of piperidine rings is 1. The van der Waals surface area contributed by atoms with Gasteiger partial charge in [0.05, 0.1) is 16.7 Å². The lowest BCUT2D eigenvalue weighted by molar-refractivity contribution is -0.109. The molecule has 2 fully saturated rings. The molecule has 4 heteroatoms. The number of hydrogen-bond donors (Lipinski definition) is 1. The summed E-state index contributed by atoms with van der Waals surface area (Å²) in [6.45, 7) is 11.8. The minimum Gasteiger partial charge on any atom is -0.368 e.